The number of para-hydroxylation sites is 2. The molecule has 222 valence electrons. The molecule has 8 heteroatoms. The molecule has 0 spiro atoms. The number of imidazole rings is 1. The average molecular weight is 776 g/mol. The SMILES string of the molecule is Cn1ccnc1-n1c2[c-]c(Oc3[c-]c4c(cc3)c3ccccc3n4-c3ccc(-c4ccncc4)cn3)ccc2c2ccccc21.[Pt+2]. The molecule has 0 aliphatic heterocycles. The van der Waals surface area contributed by atoms with Gasteiger partial charge in [-0.15, -0.1) is 35.0 Å². The van der Waals surface area contributed by atoms with Crippen molar-refractivity contribution in [2.24, 2.45) is 7.05 Å². The Balaban J connectivity index is 0.00000312. The largest absolute Gasteiger partial charge is 2.00 e. The number of aryl methyl sites for hydroxylation is 1. The van der Waals surface area contributed by atoms with Gasteiger partial charge in [0, 0.05) is 66.1 Å². The van der Waals surface area contributed by atoms with Crippen LogP contribution >= 0.6 is 0 Å². The van der Waals surface area contributed by atoms with Crippen molar-refractivity contribution < 1.29 is 25.8 Å². The molecular weight excluding hydrogens is 752 g/mol. The van der Waals surface area contributed by atoms with Crippen molar-refractivity contribution in [3.63, 3.8) is 0 Å². The third-order valence-electron chi connectivity index (χ3n) is 8.32. The van der Waals surface area contributed by atoms with Crippen LogP contribution in [-0.4, -0.2) is 28.7 Å². The Morgan fingerprint density at radius 2 is 1.22 bits per heavy atom. The van der Waals surface area contributed by atoms with E-state index in [1.165, 1.54) is 0 Å². The molecule has 0 atom stereocenters. The van der Waals surface area contributed by atoms with Gasteiger partial charge in [0.1, 0.15) is 5.82 Å². The summed E-state index contributed by atoms with van der Waals surface area (Å²) in [4.78, 5) is 13.6. The Morgan fingerprint density at radius 3 is 1.83 bits per heavy atom. The molecule has 0 unspecified atom stereocenters. The molecule has 9 aromatic rings. The first kappa shape index (κ1) is 28.0. The average Bonchev–Trinajstić information content (AvgIpc) is 3.76. The van der Waals surface area contributed by atoms with E-state index >= 15 is 0 Å². The van der Waals surface area contributed by atoms with E-state index < -0.39 is 0 Å². The number of benzene rings is 4. The molecular formula is C38H24N6OPt. The maximum atomic E-state index is 6.47. The third kappa shape index (κ3) is 4.43. The van der Waals surface area contributed by atoms with Gasteiger partial charge in [-0.1, -0.05) is 47.4 Å². The standard InChI is InChI=1S/C38H24N6O.Pt/c1-42-21-20-40-38(42)44-34-9-5-3-7-30(34)32-14-12-28(23-36(32)44)45-27-11-13-31-29-6-2-4-8-33(29)43(35(31)22-27)37-15-10-26(24-41-37)25-16-18-39-19-17-25;/h2-21,24H,1H3;/q-2;+2. The van der Waals surface area contributed by atoms with Crippen LogP contribution in [0.15, 0.2) is 128 Å². The van der Waals surface area contributed by atoms with Gasteiger partial charge in [-0.3, -0.25) is 4.98 Å². The molecule has 5 aromatic heterocycles. The van der Waals surface area contributed by atoms with Gasteiger partial charge in [-0.2, -0.15) is 12.1 Å². The van der Waals surface area contributed by atoms with Crippen molar-refractivity contribution in [2.45, 2.75) is 0 Å². The molecule has 0 fully saturated rings. The Labute approximate surface area is 278 Å². The zero-order valence-corrected chi connectivity index (χ0v) is 26.8. The van der Waals surface area contributed by atoms with Crippen LogP contribution < -0.4 is 4.74 Å². The van der Waals surface area contributed by atoms with Crippen molar-refractivity contribution in [1.82, 2.24) is 28.7 Å². The summed E-state index contributed by atoms with van der Waals surface area (Å²) >= 11 is 0. The van der Waals surface area contributed by atoms with Gasteiger partial charge in [0.15, 0.2) is 0 Å². The third-order valence-corrected chi connectivity index (χ3v) is 8.32. The van der Waals surface area contributed by atoms with E-state index in [1.807, 2.05) is 66.5 Å². The number of aromatic nitrogens is 6. The normalized spacial score (nSPS) is 11.4. The Bertz CT molecular complexity index is 2530. The summed E-state index contributed by atoms with van der Waals surface area (Å²) in [5, 5.41) is 4.43. The van der Waals surface area contributed by atoms with Crippen LogP contribution in [0.4, 0.5) is 0 Å². The maximum absolute atomic E-state index is 6.47. The van der Waals surface area contributed by atoms with Gasteiger partial charge >= 0.3 is 21.1 Å². The van der Waals surface area contributed by atoms with Crippen LogP contribution in [0.3, 0.4) is 0 Å². The van der Waals surface area contributed by atoms with Crippen molar-refractivity contribution in [3.05, 3.63) is 140 Å². The van der Waals surface area contributed by atoms with E-state index in [-0.39, 0.29) is 21.1 Å². The van der Waals surface area contributed by atoms with E-state index in [9.17, 15) is 0 Å². The topological polar surface area (TPSA) is 62.7 Å². The molecule has 0 aliphatic carbocycles. The second-order valence-electron chi connectivity index (χ2n) is 11.0. The molecule has 46 heavy (non-hydrogen) atoms. The smallest absolute Gasteiger partial charge is 0.509 e. The van der Waals surface area contributed by atoms with Crippen LogP contribution in [0, 0.1) is 12.1 Å². The minimum Gasteiger partial charge on any atom is -0.509 e. The summed E-state index contributed by atoms with van der Waals surface area (Å²) in [5.74, 6) is 2.81. The van der Waals surface area contributed by atoms with Gasteiger partial charge in [0.25, 0.3) is 0 Å². The monoisotopic (exact) mass is 775 g/mol. The molecule has 0 N–H and O–H groups in total. The minimum atomic E-state index is 0. The quantitative estimate of drug-likeness (QED) is 0.165. The first-order chi connectivity index (χ1) is 22.2. The fraction of sp³-hybridized carbons (Fsp3) is 0.0263. The van der Waals surface area contributed by atoms with Crippen molar-refractivity contribution in [2.75, 3.05) is 0 Å². The molecule has 0 saturated heterocycles. The minimum absolute atomic E-state index is 0. The van der Waals surface area contributed by atoms with Crippen molar-refractivity contribution in [1.29, 1.82) is 0 Å². The summed E-state index contributed by atoms with van der Waals surface area (Å²) < 4.78 is 12.7. The van der Waals surface area contributed by atoms with Crippen LogP contribution in [0.5, 0.6) is 11.5 Å². The van der Waals surface area contributed by atoms with E-state index in [4.69, 9.17) is 9.72 Å². The van der Waals surface area contributed by atoms with Gasteiger partial charge < -0.3 is 18.4 Å². The van der Waals surface area contributed by atoms with Gasteiger partial charge in [-0.05, 0) is 52.7 Å². The van der Waals surface area contributed by atoms with Crippen LogP contribution in [0.25, 0.3) is 66.5 Å². The summed E-state index contributed by atoms with van der Waals surface area (Å²) in [6.45, 7) is 0. The molecule has 0 aliphatic rings. The van der Waals surface area contributed by atoms with Crippen LogP contribution in [0.1, 0.15) is 0 Å². The van der Waals surface area contributed by atoms with E-state index in [1.54, 1.807) is 18.6 Å². The Morgan fingerprint density at radius 1 is 0.587 bits per heavy atom. The Kier molecular flexibility index (Phi) is 6.77. The van der Waals surface area contributed by atoms with Gasteiger partial charge in [0.2, 0.25) is 5.95 Å². The van der Waals surface area contributed by atoms with Gasteiger partial charge in [0.05, 0.1) is 0 Å². The molecule has 5 heterocycles. The van der Waals surface area contributed by atoms with E-state index in [0.29, 0.717) is 11.5 Å². The molecule has 7 nitrogen and oxygen atoms in total. The van der Waals surface area contributed by atoms with Crippen molar-refractivity contribution >= 4 is 43.6 Å². The fourth-order valence-electron chi connectivity index (χ4n) is 6.24. The van der Waals surface area contributed by atoms with Crippen molar-refractivity contribution in [3.8, 4) is 34.4 Å². The molecule has 4 aromatic carbocycles. The molecule has 0 bridgehead atoms. The van der Waals surface area contributed by atoms with E-state index in [2.05, 4.69) is 85.8 Å². The summed E-state index contributed by atoms with van der Waals surface area (Å²) in [5.41, 5.74) is 6.01. The molecule has 9 rings (SSSR count). The molecule has 0 amide bonds. The predicted molar refractivity (Wildman–Crippen MR) is 177 cm³/mol. The second kappa shape index (κ2) is 11.1. The maximum Gasteiger partial charge on any atom is 2.00 e. The number of pyridine rings is 2. The first-order valence-electron chi connectivity index (χ1n) is 14.7. The second-order valence-corrected chi connectivity index (χ2v) is 11.0. The molecule has 0 saturated carbocycles. The number of fused-ring (bicyclic) bond motifs is 6. The number of ether oxygens (including phenoxy) is 1. The summed E-state index contributed by atoms with van der Waals surface area (Å²) in [6.07, 6.45) is 9.23. The number of rotatable bonds is 5. The van der Waals surface area contributed by atoms with Gasteiger partial charge in [-0.25, -0.2) is 9.97 Å². The molecule has 0 radical (unpaired) electrons. The van der Waals surface area contributed by atoms with E-state index in [0.717, 1.165) is 66.5 Å². The summed E-state index contributed by atoms with van der Waals surface area (Å²) in [6, 6.07) is 40.0. The van der Waals surface area contributed by atoms with Crippen LogP contribution in [0.2, 0.25) is 0 Å². The first-order valence-corrected chi connectivity index (χ1v) is 14.7. The number of nitrogens with zero attached hydrogens (tertiary/aromatic N) is 6. The van der Waals surface area contributed by atoms with Crippen LogP contribution in [-0.2, 0) is 28.1 Å². The summed E-state index contributed by atoms with van der Waals surface area (Å²) in [7, 11) is 1.99. The number of hydrogen-bond donors (Lipinski definition) is 0. The zero-order chi connectivity index (χ0) is 29.9. The fourth-order valence-corrected chi connectivity index (χ4v) is 6.24. The predicted octanol–water partition coefficient (Wildman–Crippen LogP) is 8.46. The Hall–Kier alpha value is -5.52. The zero-order valence-electron chi connectivity index (χ0n) is 24.5. The number of hydrogen-bond acceptors (Lipinski definition) is 4.